The van der Waals surface area contributed by atoms with Gasteiger partial charge < -0.3 is 14.7 Å². The number of hydrogen-bond acceptors (Lipinski definition) is 4. The van der Waals surface area contributed by atoms with Gasteiger partial charge in [-0.25, -0.2) is 22.6 Å². The molecule has 192 valence electrons. The molecule has 37 heavy (non-hydrogen) atoms. The van der Waals surface area contributed by atoms with Crippen molar-refractivity contribution in [1.82, 2.24) is 9.78 Å². The maximum Gasteiger partial charge on any atom is 0.328 e. The van der Waals surface area contributed by atoms with Crippen LogP contribution >= 0.6 is 0 Å². The first kappa shape index (κ1) is 23.8. The standard InChI is InChI=1S/C28H26F3N3O3/c29-21-2-1-3-22(30)28(21)34-25(20(13-32-34)17-6-7-17)15-37-26-12-19-11-18(26)14-33(19)24-8-4-16(10-23(24)31)5-9-27(35)36/h1-5,8-10,13,17-19,26H,6-7,11-12,14-15H2,(H,35,36)/b9-5+/t18-,19-,26+/m0/s1. The van der Waals surface area contributed by atoms with Crippen molar-refractivity contribution in [3.63, 3.8) is 0 Å². The molecule has 0 unspecified atom stereocenters. The second-order valence-electron chi connectivity index (χ2n) is 10.1. The summed E-state index contributed by atoms with van der Waals surface area (Å²) in [6, 6.07) is 8.65. The lowest BCUT2D eigenvalue weighted by Crippen LogP contribution is -2.39. The maximum absolute atomic E-state index is 14.9. The molecular weight excluding hydrogens is 483 g/mol. The Labute approximate surface area is 212 Å². The zero-order valence-corrected chi connectivity index (χ0v) is 20.0. The summed E-state index contributed by atoms with van der Waals surface area (Å²) in [4.78, 5) is 12.8. The molecule has 0 radical (unpaired) electrons. The summed E-state index contributed by atoms with van der Waals surface area (Å²) in [6.45, 7) is 0.847. The van der Waals surface area contributed by atoms with Crippen molar-refractivity contribution in [2.24, 2.45) is 5.92 Å². The fourth-order valence-electron chi connectivity index (χ4n) is 5.77. The molecule has 1 N–H and O–H groups in total. The van der Waals surface area contributed by atoms with Crippen LogP contribution in [0.25, 0.3) is 11.8 Å². The monoisotopic (exact) mass is 509 g/mol. The summed E-state index contributed by atoms with van der Waals surface area (Å²) in [6.07, 6.45) is 7.66. The predicted octanol–water partition coefficient (Wildman–Crippen LogP) is 5.45. The third-order valence-corrected chi connectivity index (χ3v) is 7.68. The number of carbonyl (C=O) groups is 1. The van der Waals surface area contributed by atoms with E-state index in [0.29, 0.717) is 29.4 Å². The van der Waals surface area contributed by atoms with Crippen LogP contribution in [0.4, 0.5) is 18.9 Å². The molecule has 0 spiro atoms. The van der Waals surface area contributed by atoms with Gasteiger partial charge in [-0.05, 0) is 73.1 Å². The molecule has 1 aromatic heterocycles. The van der Waals surface area contributed by atoms with E-state index < -0.39 is 17.6 Å². The van der Waals surface area contributed by atoms with E-state index in [-0.39, 0.29) is 36.2 Å². The fourth-order valence-corrected chi connectivity index (χ4v) is 5.77. The smallest absolute Gasteiger partial charge is 0.328 e. The largest absolute Gasteiger partial charge is 0.478 e. The van der Waals surface area contributed by atoms with Crippen molar-refractivity contribution in [2.45, 2.75) is 50.4 Å². The molecule has 1 saturated heterocycles. The summed E-state index contributed by atoms with van der Waals surface area (Å²) < 4.78 is 51.6. The van der Waals surface area contributed by atoms with Crippen molar-refractivity contribution in [2.75, 3.05) is 11.4 Å². The Morgan fingerprint density at radius 1 is 1.11 bits per heavy atom. The number of fused-ring (bicyclic) bond motifs is 2. The molecule has 2 aromatic carbocycles. The van der Waals surface area contributed by atoms with E-state index in [1.165, 1.54) is 35.0 Å². The lowest BCUT2D eigenvalue weighted by molar-refractivity contribution is -0.131. The zero-order chi connectivity index (χ0) is 25.7. The third-order valence-electron chi connectivity index (χ3n) is 7.68. The normalized spacial score (nSPS) is 22.9. The quantitative estimate of drug-likeness (QED) is 0.409. The highest BCUT2D eigenvalue weighted by molar-refractivity contribution is 5.85. The summed E-state index contributed by atoms with van der Waals surface area (Å²) >= 11 is 0. The van der Waals surface area contributed by atoms with E-state index in [2.05, 4.69) is 10.00 Å². The highest BCUT2D eigenvalue weighted by Crippen LogP contribution is 2.45. The van der Waals surface area contributed by atoms with Gasteiger partial charge in [0.05, 0.1) is 30.3 Å². The molecule has 2 heterocycles. The van der Waals surface area contributed by atoms with Gasteiger partial charge in [0.15, 0.2) is 11.6 Å². The number of carboxylic acids is 1. The average molecular weight is 510 g/mol. The molecule has 3 aliphatic rings. The Kier molecular flexibility index (Phi) is 6.03. The summed E-state index contributed by atoms with van der Waals surface area (Å²) in [7, 11) is 0. The average Bonchev–Trinajstić information content (AvgIpc) is 3.32. The van der Waals surface area contributed by atoms with E-state index in [4.69, 9.17) is 9.84 Å². The number of anilines is 1. The van der Waals surface area contributed by atoms with Crippen LogP contribution in [0.5, 0.6) is 0 Å². The van der Waals surface area contributed by atoms with Gasteiger partial charge in [0, 0.05) is 24.6 Å². The van der Waals surface area contributed by atoms with Gasteiger partial charge in [-0.3, -0.25) is 0 Å². The Hall–Kier alpha value is -3.59. The Morgan fingerprint density at radius 3 is 2.54 bits per heavy atom. The summed E-state index contributed by atoms with van der Waals surface area (Å²) in [5.74, 6) is -2.26. The van der Waals surface area contributed by atoms with Crippen LogP contribution in [0.15, 0.2) is 48.7 Å². The van der Waals surface area contributed by atoms with E-state index >= 15 is 0 Å². The molecule has 0 amide bonds. The van der Waals surface area contributed by atoms with E-state index in [9.17, 15) is 18.0 Å². The fraction of sp³-hybridized carbons (Fsp3) is 0.357. The zero-order valence-electron chi connectivity index (χ0n) is 20.0. The lowest BCUT2D eigenvalue weighted by Gasteiger charge is -2.33. The third kappa shape index (κ3) is 4.52. The van der Waals surface area contributed by atoms with Gasteiger partial charge in [-0.15, -0.1) is 0 Å². The van der Waals surface area contributed by atoms with Crippen LogP contribution in [-0.4, -0.2) is 39.5 Å². The number of hydrogen-bond donors (Lipinski definition) is 1. The van der Waals surface area contributed by atoms with Crippen LogP contribution in [0.3, 0.4) is 0 Å². The minimum atomic E-state index is -1.08. The number of piperidine rings is 1. The Balaban J connectivity index is 1.16. The van der Waals surface area contributed by atoms with Gasteiger partial charge in [0.25, 0.3) is 0 Å². The molecule has 2 aliphatic carbocycles. The van der Waals surface area contributed by atoms with Crippen LogP contribution in [0, 0.1) is 23.4 Å². The number of ether oxygens (including phenoxy) is 1. The van der Waals surface area contributed by atoms with Crippen LogP contribution in [-0.2, 0) is 16.1 Å². The van der Waals surface area contributed by atoms with E-state index in [1.807, 2.05) is 0 Å². The summed E-state index contributed by atoms with van der Waals surface area (Å²) in [5, 5.41) is 13.1. The van der Waals surface area contributed by atoms with Crippen molar-refractivity contribution in [1.29, 1.82) is 0 Å². The molecule has 6 rings (SSSR count). The Bertz CT molecular complexity index is 1360. The molecule has 2 saturated carbocycles. The topological polar surface area (TPSA) is 67.6 Å². The number of para-hydroxylation sites is 1. The number of halogens is 3. The lowest BCUT2D eigenvalue weighted by atomic mass is 10.0. The molecular formula is C28H26F3N3O3. The highest BCUT2D eigenvalue weighted by Gasteiger charge is 2.46. The molecule has 9 heteroatoms. The van der Waals surface area contributed by atoms with Gasteiger partial charge in [0.1, 0.15) is 11.5 Å². The molecule has 3 atom stereocenters. The van der Waals surface area contributed by atoms with Crippen molar-refractivity contribution in [3.05, 3.63) is 82.9 Å². The number of nitrogens with zero attached hydrogens (tertiary/aromatic N) is 3. The van der Waals surface area contributed by atoms with Crippen molar-refractivity contribution >= 4 is 17.7 Å². The SMILES string of the molecule is O=C(O)/C=C/c1ccc(N2C[C@@H]3C[C@H]2C[C@H]3OCc2c(C3CC3)cnn2-c2c(F)cccc2F)c(F)c1. The number of carboxylic acid groups (broad SMARTS) is 1. The minimum Gasteiger partial charge on any atom is -0.478 e. The molecule has 1 aliphatic heterocycles. The first-order valence-corrected chi connectivity index (χ1v) is 12.5. The number of aliphatic carboxylic acids is 1. The highest BCUT2D eigenvalue weighted by atomic mass is 19.1. The van der Waals surface area contributed by atoms with Gasteiger partial charge in [-0.2, -0.15) is 5.10 Å². The first-order valence-electron chi connectivity index (χ1n) is 12.5. The van der Waals surface area contributed by atoms with Crippen molar-refractivity contribution < 1.29 is 27.8 Å². The number of rotatable bonds is 8. The molecule has 2 bridgehead atoms. The Morgan fingerprint density at radius 2 is 1.89 bits per heavy atom. The molecule has 6 nitrogen and oxygen atoms in total. The van der Waals surface area contributed by atoms with E-state index in [0.717, 1.165) is 37.3 Å². The second kappa shape index (κ2) is 9.37. The van der Waals surface area contributed by atoms with Crippen LogP contribution in [0.1, 0.15) is 48.4 Å². The second-order valence-corrected chi connectivity index (χ2v) is 10.1. The molecule has 3 fully saturated rings. The minimum absolute atomic E-state index is 0.0389. The van der Waals surface area contributed by atoms with E-state index in [1.54, 1.807) is 18.3 Å². The van der Waals surface area contributed by atoms with Gasteiger partial charge >= 0.3 is 5.97 Å². The van der Waals surface area contributed by atoms with Crippen LogP contribution in [0.2, 0.25) is 0 Å². The van der Waals surface area contributed by atoms with Gasteiger partial charge in [0.2, 0.25) is 0 Å². The first-order chi connectivity index (χ1) is 17.9. The van der Waals surface area contributed by atoms with Gasteiger partial charge in [-0.1, -0.05) is 12.1 Å². The maximum atomic E-state index is 14.9. The predicted molar refractivity (Wildman–Crippen MR) is 131 cm³/mol. The number of benzene rings is 2. The van der Waals surface area contributed by atoms with Crippen molar-refractivity contribution in [3.8, 4) is 5.69 Å². The van der Waals surface area contributed by atoms with Crippen LogP contribution < -0.4 is 4.90 Å². The number of aromatic nitrogens is 2. The summed E-state index contributed by atoms with van der Waals surface area (Å²) in [5.41, 5.74) is 2.46. The molecule has 3 aromatic rings.